The lowest BCUT2D eigenvalue weighted by Crippen LogP contribution is -2.35. The predicted octanol–water partition coefficient (Wildman–Crippen LogP) is 2.83. The Kier molecular flexibility index (Phi) is 3.87. The first-order valence-corrected chi connectivity index (χ1v) is 6.21. The largest absolute Gasteiger partial charge is 0.492 e. The van der Waals surface area contributed by atoms with E-state index >= 15 is 0 Å². The van der Waals surface area contributed by atoms with E-state index in [9.17, 15) is 0 Å². The maximum Gasteiger partial charge on any atom is 0.142 e. The van der Waals surface area contributed by atoms with Gasteiger partial charge < -0.3 is 9.64 Å². The van der Waals surface area contributed by atoms with E-state index in [0.717, 1.165) is 37.4 Å². The molecule has 1 heterocycles. The minimum Gasteiger partial charge on any atom is -0.492 e. The molecule has 0 saturated carbocycles. The number of hydrogen-bond acceptors (Lipinski definition) is 3. The maximum absolute atomic E-state index is 9.02. The van der Waals surface area contributed by atoms with Crippen LogP contribution >= 0.6 is 0 Å². The summed E-state index contributed by atoms with van der Waals surface area (Å²) < 4.78 is 5.63. The summed E-state index contributed by atoms with van der Waals surface area (Å²) in [5, 5.41) is 9.02. The number of para-hydroxylation sites is 2. The highest BCUT2D eigenvalue weighted by atomic mass is 16.5. The fourth-order valence-corrected chi connectivity index (χ4v) is 2.30. The van der Waals surface area contributed by atoms with E-state index in [1.807, 2.05) is 25.1 Å². The second-order valence-corrected chi connectivity index (χ2v) is 4.32. The molecule has 17 heavy (non-hydrogen) atoms. The van der Waals surface area contributed by atoms with E-state index < -0.39 is 0 Å². The lowest BCUT2D eigenvalue weighted by molar-refractivity contribution is 0.339. The first kappa shape index (κ1) is 11.8. The van der Waals surface area contributed by atoms with Crippen molar-refractivity contribution in [2.75, 3.05) is 24.6 Å². The van der Waals surface area contributed by atoms with Gasteiger partial charge in [-0.25, -0.2) is 0 Å². The van der Waals surface area contributed by atoms with Crippen molar-refractivity contribution in [1.29, 1.82) is 5.26 Å². The Morgan fingerprint density at radius 2 is 2.29 bits per heavy atom. The molecular formula is C14H18N2O. The Morgan fingerprint density at radius 3 is 3.06 bits per heavy atom. The molecule has 1 unspecified atom stereocenters. The lowest BCUT2D eigenvalue weighted by Gasteiger charge is -2.32. The van der Waals surface area contributed by atoms with E-state index in [-0.39, 0.29) is 5.92 Å². The fourth-order valence-electron chi connectivity index (χ4n) is 2.30. The zero-order valence-corrected chi connectivity index (χ0v) is 10.2. The van der Waals surface area contributed by atoms with Crippen LogP contribution in [-0.4, -0.2) is 19.7 Å². The summed E-state index contributed by atoms with van der Waals surface area (Å²) in [4.78, 5) is 2.27. The van der Waals surface area contributed by atoms with Crippen LogP contribution in [0.4, 0.5) is 5.69 Å². The predicted molar refractivity (Wildman–Crippen MR) is 68.2 cm³/mol. The first-order chi connectivity index (χ1) is 8.35. The highest BCUT2D eigenvalue weighted by Gasteiger charge is 2.21. The maximum atomic E-state index is 9.02. The van der Waals surface area contributed by atoms with Crippen LogP contribution in [-0.2, 0) is 0 Å². The quantitative estimate of drug-likeness (QED) is 0.801. The van der Waals surface area contributed by atoms with Crippen molar-refractivity contribution in [2.24, 2.45) is 5.92 Å². The van der Waals surface area contributed by atoms with Crippen LogP contribution in [0.3, 0.4) is 0 Å². The van der Waals surface area contributed by atoms with Crippen LogP contribution in [0.5, 0.6) is 5.75 Å². The van der Waals surface area contributed by atoms with Crippen molar-refractivity contribution in [3.63, 3.8) is 0 Å². The van der Waals surface area contributed by atoms with Gasteiger partial charge in [-0.2, -0.15) is 5.26 Å². The molecule has 3 nitrogen and oxygen atoms in total. The third-order valence-electron chi connectivity index (χ3n) is 3.11. The van der Waals surface area contributed by atoms with Gasteiger partial charge >= 0.3 is 0 Å². The number of hydrogen-bond donors (Lipinski definition) is 0. The average molecular weight is 230 g/mol. The molecule has 1 saturated heterocycles. The van der Waals surface area contributed by atoms with Gasteiger partial charge in [0.15, 0.2) is 0 Å². The van der Waals surface area contributed by atoms with Crippen molar-refractivity contribution >= 4 is 5.69 Å². The molecular weight excluding hydrogens is 212 g/mol. The van der Waals surface area contributed by atoms with Gasteiger partial charge in [0.2, 0.25) is 0 Å². The summed E-state index contributed by atoms with van der Waals surface area (Å²) in [6, 6.07) is 10.4. The normalized spacial score (nSPS) is 19.8. The third kappa shape index (κ3) is 2.71. The Bertz CT molecular complexity index is 411. The smallest absolute Gasteiger partial charge is 0.142 e. The Labute approximate surface area is 103 Å². The zero-order chi connectivity index (χ0) is 12.1. The molecule has 1 fully saturated rings. The first-order valence-electron chi connectivity index (χ1n) is 6.21. The molecule has 0 amide bonds. The van der Waals surface area contributed by atoms with E-state index in [4.69, 9.17) is 10.00 Å². The molecule has 1 aliphatic rings. The fraction of sp³-hybridized carbons (Fsp3) is 0.500. The molecule has 0 aliphatic carbocycles. The number of ether oxygens (including phenoxy) is 1. The summed E-state index contributed by atoms with van der Waals surface area (Å²) in [7, 11) is 0. The molecule has 1 aromatic rings. The molecule has 0 spiro atoms. The van der Waals surface area contributed by atoms with Crippen LogP contribution in [0.2, 0.25) is 0 Å². The minimum atomic E-state index is 0.151. The number of nitriles is 1. The molecule has 1 aliphatic heterocycles. The van der Waals surface area contributed by atoms with Crippen LogP contribution in [0.25, 0.3) is 0 Å². The van der Waals surface area contributed by atoms with E-state index in [0.29, 0.717) is 6.61 Å². The summed E-state index contributed by atoms with van der Waals surface area (Å²) in [6.07, 6.45) is 2.10. The molecule has 0 aromatic heterocycles. The van der Waals surface area contributed by atoms with Crippen molar-refractivity contribution in [3.05, 3.63) is 24.3 Å². The van der Waals surface area contributed by atoms with Crippen LogP contribution in [0, 0.1) is 17.2 Å². The van der Waals surface area contributed by atoms with E-state index in [1.54, 1.807) is 0 Å². The van der Waals surface area contributed by atoms with Crippen molar-refractivity contribution in [1.82, 2.24) is 0 Å². The standard InChI is InChI=1S/C14H18N2O/c1-2-17-14-8-4-3-7-13(14)16-9-5-6-12(10-15)11-16/h3-4,7-8,12H,2,5-6,9,11H2,1H3. The minimum absolute atomic E-state index is 0.151. The van der Waals surface area contributed by atoms with E-state index in [1.165, 1.54) is 0 Å². The molecule has 0 bridgehead atoms. The van der Waals surface area contributed by atoms with Gasteiger partial charge in [0.25, 0.3) is 0 Å². The Balaban J connectivity index is 2.18. The van der Waals surface area contributed by atoms with Crippen molar-refractivity contribution in [3.8, 4) is 11.8 Å². The summed E-state index contributed by atoms with van der Waals surface area (Å²) in [5.41, 5.74) is 1.12. The Hall–Kier alpha value is -1.69. The SMILES string of the molecule is CCOc1ccccc1N1CCCC(C#N)C1. The summed E-state index contributed by atoms with van der Waals surface area (Å²) in [5.74, 6) is 1.08. The molecule has 0 N–H and O–H groups in total. The molecule has 0 radical (unpaired) electrons. The number of piperidine rings is 1. The molecule has 90 valence electrons. The van der Waals surface area contributed by atoms with Gasteiger partial charge in [0, 0.05) is 13.1 Å². The van der Waals surface area contributed by atoms with Gasteiger partial charge in [0.05, 0.1) is 24.3 Å². The topological polar surface area (TPSA) is 36.3 Å². The van der Waals surface area contributed by atoms with Gasteiger partial charge in [-0.05, 0) is 31.9 Å². The molecule has 1 aromatic carbocycles. The highest BCUT2D eigenvalue weighted by Crippen LogP contribution is 2.31. The van der Waals surface area contributed by atoms with Crippen molar-refractivity contribution < 1.29 is 4.74 Å². The van der Waals surface area contributed by atoms with Gasteiger partial charge in [-0.3, -0.25) is 0 Å². The van der Waals surface area contributed by atoms with Gasteiger partial charge in [-0.15, -0.1) is 0 Å². The van der Waals surface area contributed by atoms with Crippen LogP contribution < -0.4 is 9.64 Å². The monoisotopic (exact) mass is 230 g/mol. The van der Waals surface area contributed by atoms with Crippen molar-refractivity contribution in [2.45, 2.75) is 19.8 Å². The number of rotatable bonds is 3. The summed E-state index contributed by atoms with van der Waals surface area (Å²) in [6.45, 7) is 4.50. The summed E-state index contributed by atoms with van der Waals surface area (Å²) >= 11 is 0. The third-order valence-corrected chi connectivity index (χ3v) is 3.11. The average Bonchev–Trinajstić information content (AvgIpc) is 2.40. The van der Waals surface area contributed by atoms with Crippen LogP contribution in [0.1, 0.15) is 19.8 Å². The lowest BCUT2D eigenvalue weighted by atomic mass is 9.99. The van der Waals surface area contributed by atoms with Gasteiger partial charge in [-0.1, -0.05) is 12.1 Å². The molecule has 1 atom stereocenters. The number of benzene rings is 1. The molecule has 2 rings (SSSR count). The van der Waals surface area contributed by atoms with Crippen LogP contribution in [0.15, 0.2) is 24.3 Å². The number of nitrogens with zero attached hydrogens (tertiary/aromatic N) is 2. The molecule has 3 heteroatoms. The van der Waals surface area contributed by atoms with E-state index in [2.05, 4.69) is 17.0 Å². The second-order valence-electron chi connectivity index (χ2n) is 4.32. The Morgan fingerprint density at radius 1 is 1.47 bits per heavy atom. The van der Waals surface area contributed by atoms with Gasteiger partial charge in [0.1, 0.15) is 5.75 Å². The number of anilines is 1. The second kappa shape index (κ2) is 5.58. The highest BCUT2D eigenvalue weighted by molar-refractivity contribution is 5.58. The zero-order valence-electron chi connectivity index (χ0n) is 10.2.